The number of amides is 3. The Bertz CT molecular complexity index is 1150. The summed E-state index contributed by atoms with van der Waals surface area (Å²) in [4.78, 5) is 54.5. The lowest BCUT2D eigenvalue weighted by Crippen LogP contribution is -2.57. The molecular weight excluding hydrogens is 534 g/mol. The molecule has 1 aliphatic carbocycles. The minimum Gasteiger partial charge on any atom is -0.292 e. The van der Waals surface area contributed by atoms with Gasteiger partial charge in [0.1, 0.15) is 6.04 Å². The van der Waals surface area contributed by atoms with Crippen molar-refractivity contribution in [2.45, 2.75) is 38.1 Å². The van der Waals surface area contributed by atoms with Gasteiger partial charge in [-0.2, -0.15) is 5.01 Å². The van der Waals surface area contributed by atoms with Crippen LogP contribution < -0.4 is 0 Å². The lowest BCUT2D eigenvalue weighted by molar-refractivity contribution is -0.156. The average Bonchev–Trinajstić information content (AvgIpc) is 3.09. The Labute approximate surface area is 223 Å². The highest BCUT2D eigenvalue weighted by atomic mass is 35.5. The number of nitrogens with zero attached hydrogens (tertiary/aromatic N) is 2. The second-order valence-electron chi connectivity index (χ2n) is 8.62. The summed E-state index contributed by atoms with van der Waals surface area (Å²) in [7, 11) is 0. The Hall–Kier alpha value is -2.12. The highest BCUT2D eigenvalue weighted by molar-refractivity contribution is 6.37. The molecule has 0 unspecified atom stereocenters. The number of benzene rings is 2. The monoisotopic (exact) mass is 554 g/mol. The molecule has 2 aromatic rings. The van der Waals surface area contributed by atoms with E-state index in [-0.39, 0.29) is 28.5 Å². The zero-order chi connectivity index (χ0) is 25.3. The van der Waals surface area contributed by atoms with Gasteiger partial charge in [0.2, 0.25) is 0 Å². The van der Waals surface area contributed by atoms with Gasteiger partial charge in [0.25, 0.3) is 17.7 Å². The molecular formula is C25H22Cl4N2O4. The summed E-state index contributed by atoms with van der Waals surface area (Å²) in [6.07, 6.45) is 2.76. The third kappa shape index (κ3) is 5.08. The molecule has 184 valence electrons. The Morgan fingerprint density at radius 3 is 2.03 bits per heavy atom. The van der Waals surface area contributed by atoms with Crippen molar-refractivity contribution in [1.82, 2.24) is 10.0 Å². The SMILES string of the molecule is O=C(c1ccc(Cl)cc1)[C@H](CCCl)N(C(=O)c1ccc(Cl)cc1Cl)N1C(=O)[C@H]2CCCC[C@H]2C1=O. The Morgan fingerprint density at radius 2 is 1.49 bits per heavy atom. The van der Waals surface area contributed by atoms with Crippen LogP contribution in [0.3, 0.4) is 0 Å². The van der Waals surface area contributed by atoms with E-state index >= 15 is 0 Å². The lowest BCUT2D eigenvalue weighted by Gasteiger charge is -2.36. The number of halogens is 4. The van der Waals surface area contributed by atoms with Gasteiger partial charge in [-0.15, -0.1) is 11.6 Å². The van der Waals surface area contributed by atoms with Crippen molar-refractivity contribution < 1.29 is 19.2 Å². The van der Waals surface area contributed by atoms with Gasteiger partial charge in [-0.1, -0.05) is 47.6 Å². The molecule has 0 radical (unpaired) electrons. The minimum absolute atomic E-state index is 0.00516. The molecule has 0 N–H and O–H groups in total. The number of hydrogen-bond donors (Lipinski definition) is 0. The predicted octanol–water partition coefficient (Wildman–Crippen LogP) is 6.06. The first-order valence-corrected chi connectivity index (χ1v) is 12.9. The Balaban J connectivity index is 1.83. The molecule has 10 heteroatoms. The van der Waals surface area contributed by atoms with Crippen molar-refractivity contribution in [2.75, 3.05) is 5.88 Å². The minimum atomic E-state index is -1.22. The van der Waals surface area contributed by atoms with Gasteiger partial charge in [-0.3, -0.25) is 19.2 Å². The summed E-state index contributed by atoms with van der Waals surface area (Å²) in [5.74, 6) is -3.24. The van der Waals surface area contributed by atoms with E-state index in [0.717, 1.165) is 22.9 Å². The summed E-state index contributed by atoms with van der Waals surface area (Å²) in [5.41, 5.74) is 0.274. The lowest BCUT2D eigenvalue weighted by atomic mass is 9.81. The van der Waals surface area contributed by atoms with Crippen LogP contribution in [0.1, 0.15) is 52.8 Å². The maximum absolute atomic E-state index is 13.9. The average molecular weight is 556 g/mol. The van der Waals surface area contributed by atoms with Crippen LogP contribution in [0.2, 0.25) is 15.1 Å². The van der Waals surface area contributed by atoms with E-state index < -0.39 is 41.4 Å². The maximum Gasteiger partial charge on any atom is 0.275 e. The maximum atomic E-state index is 13.9. The highest BCUT2D eigenvalue weighted by Crippen LogP contribution is 2.40. The van der Waals surface area contributed by atoms with Gasteiger partial charge in [-0.05, 0) is 61.7 Å². The Morgan fingerprint density at radius 1 is 0.914 bits per heavy atom. The molecule has 3 atom stereocenters. The fourth-order valence-electron chi connectivity index (χ4n) is 4.79. The van der Waals surface area contributed by atoms with E-state index in [2.05, 4.69) is 0 Å². The van der Waals surface area contributed by atoms with Crippen LogP contribution in [0.5, 0.6) is 0 Å². The van der Waals surface area contributed by atoms with Gasteiger partial charge < -0.3 is 0 Å². The molecule has 0 aromatic heterocycles. The van der Waals surface area contributed by atoms with Crippen LogP contribution in [-0.4, -0.2) is 45.4 Å². The van der Waals surface area contributed by atoms with Gasteiger partial charge in [0.15, 0.2) is 5.78 Å². The number of hydrogen-bond acceptors (Lipinski definition) is 4. The number of Topliss-reactive ketones (excluding diaryl/α,β-unsaturated/α-hetero) is 1. The molecule has 2 aromatic carbocycles. The molecule has 1 saturated heterocycles. The summed E-state index contributed by atoms with van der Waals surface area (Å²) < 4.78 is 0. The quantitative estimate of drug-likeness (QED) is 0.236. The van der Waals surface area contributed by atoms with Gasteiger partial charge >= 0.3 is 0 Å². The van der Waals surface area contributed by atoms with Crippen molar-refractivity contribution in [3.63, 3.8) is 0 Å². The predicted molar refractivity (Wildman–Crippen MR) is 135 cm³/mol. The van der Waals surface area contributed by atoms with Crippen LogP contribution in [0.15, 0.2) is 42.5 Å². The number of alkyl halides is 1. The molecule has 0 spiro atoms. The fourth-order valence-corrected chi connectivity index (χ4v) is 5.61. The van der Waals surface area contributed by atoms with Crippen molar-refractivity contribution in [1.29, 1.82) is 0 Å². The molecule has 2 aliphatic rings. The molecule has 6 nitrogen and oxygen atoms in total. The first-order valence-electron chi connectivity index (χ1n) is 11.3. The zero-order valence-corrected chi connectivity index (χ0v) is 21.6. The van der Waals surface area contributed by atoms with Crippen molar-refractivity contribution in [2.24, 2.45) is 11.8 Å². The third-order valence-electron chi connectivity index (χ3n) is 6.51. The van der Waals surface area contributed by atoms with E-state index in [4.69, 9.17) is 46.4 Å². The molecule has 1 saturated carbocycles. The first-order chi connectivity index (χ1) is 16.7. The molecule has 1 heterocycles. The zero-order valence-electron chi connectivity index (χ0n) is 18.6. The van der Waals surface area contributed by atoms with Crippen LogP contribution in [0.4, 0.5) is 0 Å². The van der Waals surface area contributed by atoms with E-state index in [1.165, 1.54) is 30.3 Å². The summed E-state index contributed by atoms with van der Waals surface area (Å²) in [5, 5.41) is 2.60. The number of ketones is 1. The van der Waals surface area contributed by atoms with E-state index in [1.54, 1.807) is 12.1 Å². The second kappa shape index (κ2) is 10.9. The number of fused-ring (bicyclic) bond motifs is 1. The van der Waals surface area contributed by atoms with Crippen LogP contribution in [-0.2, 0) is 9.59 Å². The first kappa shape index (κ1) is 26.0. The van der Waals surface area contributed by atoms with E-state index in [0.29, 0.717) is 22.9 Å². The summed E-state index contributed by atoms with van der Waals surface area (Å²) >= 11 is 24.4. The Kier molecular flexibility index (Phi) is 8.06. The van der Waals surface area contributed by atoms with Crippen LogP contribution in [0.25, 0.3) is 0 Å². The number of carbonyl (C=O) groups is 4. The smallest absolute Gasteiger partial charge is 0.275 e. The second-order valence-corrected chi connectivity index (χ2v) is 10.3. The highest BCUT2D eigenvalue weighted by Gasteiger charge is 2.53. The van der Waals surface area contributed by atoms with Crippen LogP contribution >= 0.6 is 46.4 Å². The van der Waals surface area contributed by atoms with Crippen molar-refractivity contribution in [3.05, 3.63) is 68.7 Å². The fraction of sp³-hybridized carbons (Fsp3) is 0.360. The summed E-state index contributed by atoms with van der Waals surface area (Å²) in [6, 6.07) is 9.20. The standard InChI is InChI=1S/C25H22Cl4N2O4/c26-12-11-21(22(32)14-5-7-15(27)8-6-14)30(25(35)19-10-9-16(28)13-20(19)29)31-23(33)17-3-1-2-4-18(17)24(31)34/h5-10,13,17-18,21H,1-4,11-12H2/t17-,18+,21-/m0/s1. The molecule has 2 fully saturated rings. The number of carbonyl (C=O) groups excluding carboxylic acids is 4. The van der Waals surface area contributed by atoms with Gasteiger partial charge in [0.05, 0.1) is 22.4 Å². The number of imide groups is 1. The topological polar surface area (TPSA) is 74.8 Å². The number of hydrazine groups is 1. The molecule has 35 heavy (non-hydrogen) atoms. The van der Waals surface area contributed by atoms with Gasteiger partial charge in [-0.25, -0.2) is 5.01 Å². The van der Waals surface area contributed by atoms with Gasteiger partial charge in [0, 0.05) is 21.5 Å². The molecule has 4 rings (SSSR count). The van der Waals surface area contributed by atoms with E-state index in [1.807, 2.05) is 0 Å². The molecule has 1 aliphatic heterocycles. The number of rotatable bonds is 7. The van der Waals surface area contributed by atoms with Crippen molar-refractivity contribution >= 4 is 69.9 Å². The molecule has 0 bridgehead atoms. The largest absolute Gasteiger partial charge is 0.292 e. The van der Waals surface area contributed by atoms with Crippen molar-refractivity contribution in [3.8, 4) is 0 Å². The van der Waals surface area contributed by atoms with E-state index in [9.17, 15) is 19.2 Å². The third-order valence-corrected chi connectivity index (χ3v) is 7.53. The van der Waals surface area contributed by atoms with Crippen LogP contribution in [0, 0.1) is 11.8 Å². The normalized spacial score (nSPS) is 20.5. The molecule has 3 amide bonds. The summed E-state index contributed by atoms with van der Waals surface area (Å²) in [6.45, 7) is 0.